The molecular formula is C24H25BrO. The van der Waals surface area contributed by atoms with Gasteiger partial charge in [-0.25, -0.2) is 0 Å². The Balaban J connectivity index is 2.19. The van der Waals surface area contributed by atoms with Gasteiger partial charge in [0.25, 0.3) is 0 Å². The van der Waals surface area contributed by atoms with Crippen LogP contribution in [0.4, 0.5) is 0 Å². The van der Waals surface area contributed by atoms with E-state index in [1.54, 1.807) is 0 Å². The first-order valence-corrected chi connectivity index (χ1v) is 9.68. The Morgan fingerprint density at radius 2 is 1.00 bits per heavy atom. The molecule has 0 aliphatic rings. The van der Waals surface area contributed by atoms with Gasteiger partial charge >= 0.3 is 0 Å². The van der Waals surface area contributed by atoms with Crippen LogP contribution in [0.1, 0.15) is 49.9 Å². The van der Waals surface area contributed by atoms with Gasteiger partial charge in [-0.3, -0.25) is 0 Å². The third-order valence-corrected chi connectivity index (χ3v) is 5.87. The maximum atomic E-state index is 11.3. The van der Waals surface area contributed by atoms with E-state index in [0.29, 0.717) is 5.75 Å². The molecule has 3 rings (SSSR count). The van der Waals surface area contributed by atoms with Crippen molar-refractivity contribution in [1.29, 1.82) is 0 Å². The average Bonchev–Trinajstić information content (AvgIpc) is 2.64. The van der Waals surface area contributed by atoms with Crippen LogP contribution < -0.4 is 0 Å². The molecule has 2 heteroatoms. The molecule has 0 unspecified atom stereocenters. The van der Waals surface area contributed by atoms with Crippen molar-refractivity contribution in [1.82, 2.24) is 0 Å². The van der Waals surface area contributed by atoms with Gasteiger partial charge in [-0.1, -0.05) is 104 Å². The van der Waals surface area contributed by atoms with Crippen molar-refractivity contribution in [3.63, 3.8) is 0 Å². The molecule has 0 aliphatic heterocycles. The number of benzene rings is 3. The molecule has 0 radical (unpaired) electrons. The fraction of sp³-hybridized carbons (Fsp3) is 0.250. The summed E-state index contributed by atoms with van der Waals surface area (Å²) in [6.45, 7) is 8.62. The van der Waals surface area contributed by atoms with Crippen LogP contribution in [0.25, 0.3) is 0 Å². The Morgan fingerprint density at radius 3 is 1.35 bits per heavy atom. The number of hydrogen-bond donors (Lipinski definition) is 1. The third-order valence-electron chi connectivity index (χ3n) is 5.41. The average molecular weight is 409 g/mol. The molecule has 0 saturated carbocycles. The van der Waals surface area contributed by atoms with Crippen molar-refractivity contribution in [2.75, 3.05) is 0 Å². The minimum absolute atomic E-state index is 0.309. The summed E-state index contributed by atoms with van der Waals surface area (Å²) in [5, 5.41) is 11.3. The Labute approximate surface area is 164 Å². The molecule has 3 aromatic rings. The van der Waals surface area contributed by atoms with Gasteiger partial charge in [-0.15, -0.1) is 0 Å². The quantitative estimate of drug-likeness (QED) is 0.502. The molecule has 0 atom stereocenters. The summed E-state index contributed by atoms with van der Waals surface area (Å²) < 4.78 is 0.980. The Morgan fingerprint density at radius 1 is 0.654 bits per heavy atom. The van der Waals surface area contributed by atoms with Crippen molar-refractivity contribution in [3.05, 3.63) is 99.5 Å². The van der Waals surface area contributed by atoms with E-state index < -0.39 is 0 Å². The molecule has 0 bridgehead atoms. The first kappa shape index (κ1) is 18.7. The van der Waals surface area contributed by atoms with Gasteiger partial charge in [0.05, 0.1) is 0 Å². The lowest BCUT2D eigenvalue weighted by Gasteiger charge is -2.32. The molecule has 134 valence electrons. The number of phenolic OH excluding ortho intramolecular Hbond substituents is 1. The molecule has 0 amide bonds. The van der Waals surface area contributed by atoms with E-state index in [4.69, 9.17) is 0 Å². The first-order chi connectivity index (χ1) is 12.2. The number of halogens is 1. The number of rotatable bonds is 4. The highest BCUT2D eigenvalue weighted by Gasteiger charge is 2.33. The van der Waals surface area contributed by atoms with Crippen molar-refractivity contribution in [3.8, 4) is 5.75 Å². The van der Waals surface area contributed by atoms with Crippen molar-refractivity contribution >= 4 is 15.9 Å². The second-order valence-electron chi connectivity index (χ2n) is 7.83. The van der Waals surface area contributed by atoms with E-state index in [9.17, 15) is 5.11 Å². The molecule has 0 heterocycles. The molecule has 1 N–H and O–H groups in total. The fourth-order valence-electron chi connectivity index (χ4n) is 3.57. The summed E-state index contributed by atoms with van der Waals surface area (Å²) in [6, 6.07) is 24.7. The molecule has 0 spiro atoms. The maximum Gasteiger partial charge on any atom is 0.123 e. The van der Waals surface area contributed by atoms with Crippen LogP contribution in [0, 0.1) is 0 Å². The van der Waals surface area contributed by atoms with Crippen LogP contribution in [0.5, 0.6) is 5.75 Å². The highest BCUT2D eigenvalue weighted by molar-refractivity contribution is 9.10. The normalized spacial score (nSPS) is 12.2. The fourth-order valence-corrected chi connectivity index (χ4v) is 4.03. The van der Waals surface area contributed by atoms with Crippen LogP contribution in [0.2, 0.25) is 0 Å². The van der Waals surface area contributed by atoms with Gasteiger partial charge in [0, 0.05) is 26.4 Å². The van der Waals surface area contributed by atoms with Gasteiger partial charge in [-0.05, 0) is 23.3 Å². The maximum absolute atomic E-state index is 11.3. The molecule has 0 saturated heterocycles. The zero-order valence-electron chi connectivity index (χ0n) is 15.8. The Bertz CT molecular complexity index is 824. The van der Waals surface area contributed by atoms with Crippen molar-refractivity contribution < 1.29 is 5.11 Å². The van der Waals surface area contributed by atoms with E-state index in [-0.39, 0.29) is 10.8 Å². The van der Waals surface area contributed by atoms with E-state index in [1.165, 1.54) is 11.1 Å². The van der Waals surface area contributed by atoms with E-state index in [1.807, 2.05) is 48.5 Å². The molecule has 0 aliphatic carbocycles. The van der Waals surface area contributed by atoms with Gasteiger partial charge < -0.3 is 5.11 Å². The van der Waals surface area contributed by atoms with Gasteiger partial charge in [0.15, 0.2) is 0 Å². The number of hydrogen-bond acceptors (Lipinski definition) is 1. The minimum Gasteiger partial charge on any atom is -0.507 e. The van der Waals surface area contributed by atoms with Crippen LogP contribution in [-0.2, 0) is 10.8 Å². The number of aromatic hydroxyl groups is 1. The van der Waals surface area contributed by atoms with E-state index in [0.717, 1.165) is 15.6 Å². The lowest BCUT2D eigenvalue weighted by Crippen LogP contribution is -2.23. The van der Waals surface area contributed by atoms with Gasteiger partial charge in [0.2, 0.25) is 0 Å². The highest BCUT2D eigenvalue weighted by Crippen LogP contribution is 2.45. The Hall–Kier alpha value is -2.06. The standard InChI is InChI=1S/C24H25BrO/c1-23(2,17-11-7-5-8-12-17)20-15-19(25)16-21(22(20)26)24(3,4)18-13-9-6-10-14-18/h5-16,26H,1-4H3. The SMILES string of the molecule is CC(C)(c1ccccc1)c1cc(Br)cc(C(C)(C)c2ccccc2)c1O. The second kappa shape index (κ2) is 6.92. The van der Waals surface area contributed by atoms with E-state index in [2.05, 4.69) is 67.9 Å². The second-order valence-corrected chi connectivity index (χ2v) is 8.75. The summed E-state index contributed by atoms with van der Waals surface area (Å²) in [5.74, 6) is 0.371. The topological polar surface area (TPSA) is 20.2 Å². The van der Waals surface area contributed by atoms with Crippen LogP contribution in [-0.4, -0.2) is 5.11 Å². The summed E-state index contributed by atoms with van der Waals surface area (Å²) in [7, 11) is 0. The molecular weight excluding hydrogens is 384 g/mol. The predicted molar refractivity (Wildman–Crippen MR) is 113 cm³/mol. The smallest absolute Gasteiger partial charge is 0.123 e. The highest BCUT2D eigenvalue weighted by atomic mass is 79.9. The zero-order chi connectivity index (χ0) is 18.9. The first-order valence-electron chi connectivity index (χ1n) is 8.89. The minimum atomic E-state index is -0.309. The summed E-state index contributed by atoms with van der Waals surface area (Å²) in [4.78, 5) is 0. The molecule has 26 heavy (non-hydrogen) atoms. The van der Waals surface area contributed by atoms with Crippen LogP contribution in [0.15, 0.2) is 77.3 Å². The summed E-state index contributed by atoms with van der Waals surface area (Å²) in [6.07, 6.45) is 0. The van der Waals surface area contributed by atoms with E-state index >= 15 is 0 Å². The van der Waals surface area contributed by atoms with Crippen molar-refractivity contribution in [2.24, 2.45) is 0 Å². The predicted octanol–water partition coefficient (Wildman–Crippen LogP) is 6.81. The van der Waals surface area contributed by atoms with Crippen molar-refractivity contribution in [2.45, 2.75) is 38.5 Å². The monoisotopic (exact) mass is 408 g/mol. The van der Waals surface area contributed by atoms with Gasteiger partial charge in [0.1, 0.15) is 5.75 Å². The van der Waals surface area contributed by atoms with Crippen LogP contribution in [0.3, 0.4) is 0 Å². The van der Waals surface area contributed by atoms with Crippen LogP contribution >= 0.6 is 15.9 Å². The third kappa shape index (κ3) is 3.31. The lowest BCUT2D eigenvalue weighted by atomic mass is 9.72. The molecule has 1 nitrogen and oxygen atoms in total. The lowest BCUT2D eigenvalue weighted by molar-refractivity contribution is 0.433. The molecule has 0 fully saturated rings. The van der Waals surface area contributed by atoms with Gasteiger partial charge in [-0.2, -0.15) is 0 Å². The molecule has 0 aromatic heterocycles. The Kier molecular flexibility index (Phi) is 4.98. The zero-order valence-corrected chi connectivity index (χ0v) is 17.3. The summed E-state index contributed by atoms with van der Waals surface area (Å²) >= 11 is 3.67. The number of phenols is 1. The molecule has 3 aromatic carbocycles. The largest absolute Gasteiger partial charge is 0.507 e. The summed E-state index contributed by atoms with van der Waals surface area (Å²) in [5.41, 5.74) is 3.59.